The Morgan fingerprint density at radius 2 is 1.90 bits per heavy atom. The van der Waals surface area contributed by atoms with Gasteiger partial charge in [0.25, 0.3) is 5.91 Å². The third kappa shape index (κ3) is 4.83. The van der Waals surface area contributed by atoms with E-state index in [9.17, 15) is 9.59 Å². The van der Waals surface area contributed by atoms with Gasteiger partial charge in [0, 0.05) is 17.8 Å². The van der Waals surface area contributed by atoms with E-state index in [1.807, 2.05) is 13.8 Å². The molecule has 1 rings (SSSR count). The van der Waals surface area contributed by atoms with Crippen LogP contribution < -0.4 is 16.4 Å². The van der Waals surface area contributed by atoms with Gasteiger partial charge in [0.1, 0.15) is 0 Å². The molecule has 0 aliphatic rings. The molecule has 4 N–H and O–H groups in total. The Hall–Kier alpha value is -1.59. The molecular formula is C14H22ClN3O2. The van der Waals surface area contributed by atoms with E-state index in [2.05, 4.69) is 10.6 Å². The van der Waals surface area contributed by atoms with E-state index in [0.29, 0.717) is 17.8 Å². The van der Waals surface area contributed by atoms with Gasteiger partial charge in [0.15, 0.2) is 0 Å². The molecule has 112 valence electrons. The quantitative estimate of drug-likeness (QED) is 0.793. The van der Waals surface area contributed by atoms with Crippen molar-refractivity contribution in [3.63, 3.8) is 0 Å². The van der Waals surface area contributed by atoms with Gasteiger partial charge in [0.05, 0.1) is 5.54 Å². The van der Waals surface area contributed by atoms with Gasteiger partial charge in [-0.2, -0.15) is 0 Å². The van der Waals surface area contributed by atoms with Crippen LogP contribution in [0.2, 0.25) is 0 Å². The zero-order valence-electron chi connectivity index (χ0n) is 12.2. The Labute approximate surface area is 125 Å². The number of benzene rings is 1. The fraction of sp³-hybridized carbons (Fsp3) is 0.429. The van der Waals surface area contributed by atoms with Crippen molar-refractivity contribution in [3.05, 3.63) is 29.3 Å². The third-order valence-corrected chi connectivity index (χ3v) is 2.67. The summed E-state index contributed by atoms with van der Waals surface area (Å²) < 4.78 is 0. The predicted molar refractivity (Wildman–Crippen MR) is 83.3 cm³/mol. The first-order chi connectivity index (χ1) is 8.75. The van der Waals surface area contributed by atoms with E-state index in [1.54, 1.807) is 32.0 Å². The molecule has 0 saturated heterocycles. The first-order valence-electron chi connectivity index (χ1n) is 6.25. The largest absolute Gasteiger partial charge is 0.352 e. The molecule has 0 unspecified atom stereocenters. The zero-order chi connectivity index (χ0) is 14.6. The molecule has 0 fully saturated rings. The number of hydrogen-bond acceptors (Lipinski definition) is 3. The standard InChI is InChI=1S/C14H21N3O2.ClH/c1-5-16-12(18)10-7-6-9(2)11(8-10)17-13(19)14(3,4)15;/h6-8H,5,15H2,1-4H3,(H,16,18)(H,17,19);1H. The van der Waals surface area contributed by atoms with Crippen LogP contribution >= 0.6 is 12.4 Å². The molecule has 1 aromatic carbocycles. The highest BCUT2D eigenvalue weighted by Gasteiger charge is 2.22. The maximum absolute atomic E-state index is 11.9. The van der Waals surface area contributed by atoms with Crippen molar-refractivity contribution in [1.82, 2.24) is 5.32 Å². The number of nitrogens with one attached hydrogen (secondary N) is 2. The molecule has 0 saturated carbocycles. The van der Waals surface area contributed by atoms with E-state index < -0.39 is 5.54 Å². The molecule has 0 radical (unpaired) electrons. The van der Waals surface area contributed by atoms with Gasteiger partial charge >= 0.3 is 0 Å². The van der Waals surface area contributed by atoms with Gasteiger partial charge in [-0.25, -0.2) is 0 Å². The summed E-state index contributed by atoms with van der Waals surface area (Å²) in [7, 11) is 0. The van der Waals surface area contributed by atoms with Crippen LogP contribution in [-0.2, 0) is 4.79 Å². The van der Waals surface area contributed by atoms with Gasteiger partial charge in [-0.3, -0.25) is 9.59 Å². The van der Waals surface area contributed by atoms with E-state index in [4.69, 9.17) is 5.73 Å². The molecule has 0 aromatic heterocycles. The lowest BCUT2D eigenvalue weighted by molar-refractivity contribution is -0.120. The normalized spacial score (nSPS) is 10.4. The number of carbonyl (C=O) groups excluding carboxylic acids is 2. The lowest BCUT2D eigenvalue weighted by atomic mass is 10.0. The van der Waals surface area contributed by atoms with E-state index in [0.717, 1.165) is 5.56 Å². The van der Waals surface area contributed by atoms with Crippen molar-refractivity contribution in [3.8, 4) is 0 Å². The number of amides is 2. The molecule has 0 bridgehead atoms. The van der Waals surface area contributed by atoms with Crippen LogP contribution in [0.25, 0.3) is 0 Å². The predicted octanol–water partition coefficient (Wildman–Crippen LogP) is 1.84. The highest BCUT2D eigenvalue weighted by molar-refractivity contribution is 6.00. The molecular weight excluding hydrogens is 278 g/mol. The maximum atomic E-state index is 11.9. The summed E-state index contributed by atoms with van der Waals surface area (Å²) in [5, 5.41) is 5.46. The molecule has 0 heterocycles. The zero-order valence-corrected chi connectivity index (χ0v) is 13.1. The van der Waals surface area contributed by atoms with Crippen molar-refractivity contribution < 1.29 is 9.59 Å². The van der Waals surface area contributed by atoms with Crippen LogP contribution in [0.5, 0.6) is 0 Å². The Morgan fingerprint density at radius 1 is 1.30 bits per heavy atom. The summed E-state index contributed by atoms with van der Waals surface area (Å²) in [6.07, 6.45) is 0. The molecule has 5 nitrogen and oxygen atoms in total. The smallest absolute Gasteiger partial charge is 0.251 e. The van der Waals surface area contributed by atoms with Crippen molar-refractivity contribution in [1.29, 1.82) is 0 Å². The molecule has 0 atom stereocenters. The fourth-order valence-electron chi connectivity index (χ4n) is 1.44. The van der Waals surface area contributed by atoms with Gasteiger partial charge in [-0.05, 0) is 45.4 Å². The van der Waals surface area contributed by atoms with E-state index in [-0.39, 0.29) is 24.2 Å². The van der Waals surface area contributed by atoms with Crippen LogP contribution in [0.4, 0.5) is 5.69 Å². The topological polar surface area (TPSA) is 84.2 Å². The maximum Gasteiger partial charge on any atom is 0.251 e. The van der Waals surface area contributed by atoms with Gasteiger partial charge in [-0.1, -0.05) is 6.07 Å². The monoisotopic (exact) mass is 299 g/mol. The summed E-state index contributed by atoms with van der Waals surface area (Å²) in [4.78, 5) is 23.6. The van der Waals surface area contributed by atoms with Gasteiger partial charge in [0.2, 0.25) is 5.91 Å². The lowest BCUT2D eigenvalue weighted by Gasteiger charge is -2.19. The van der Waals surface area contributed by atoms with Crippen LogP contribution in [-0.4, -0.2) is 23.9 Å². The average Bonchev–Trinajstić information content (AvgIpc) is 2.30. The van der Waals surface area contributed by atoms with Crippen LogP contribution in [0, 0.1) is 6.92 Å². The van der Waals surface area contributed by atoms with Crippen molar-refractivity contribution in [2.24, 2.45) is 5.73 Å². The van der Waals surface area contributed by atoms with Crippen LogP contribution in [0.1, 0.15) is 36.7 Å². The SMILES string of the molecule is CCNC(=O)c1ccc(C)c(NC(=O)C(C)(C)N)c1.Cl. The molecule has 2 amide bonds. The number of nitrogens with two attached hydrogens (primary N) is 1. The summed E-state index contributed by atoms with van der Waals surface area (Å²) in [6.45, 7) is 7.53. The van der Waals surface area contributed by atoms with Crippen molar-refractivity contribution in [2.75, 3.05) is 11.9 Å². The first kappa shape index (κ1) is 18.4. The van der Waals surface area contributed by atoms with E-state index >= 15 is 0 Å². The Morgan fingerprint density at radius 3 is 2.40 bits per heavy atom. The molecule has 0 aliphatic heterocycles. The van der Waals surface area contributed by atoms with Gasteiger partial charge < -0.3 is 16.4 Å². The average molecular weight is 300 g/mol. The summed E-state index contributed by atoms with van der Waals surface area (Å²) in [5.74, 6) is -0.450. The molecule has 6 heteroatoms. The first-order valence-corrected chi connectivity index (χ1v) is 6.25. The Balaban J connectivity index is 0.00000361. The summed E-state index contributed by atoms with van der Waals surface area (Å²) >= 11 is 0. The lowest BCUT2D eigenvalue weighted by Crippen LogP contribution is -2.45. The second kappa shape index (κ2) is 7.26. The number of hydrogen-bond donors (Lipinski definition) is 3. The second-order valence-corrected chi connectivity index (χ2v) is 5.06. The van der Waals surface area contributed by atoms with Crippen molar-refractivity contribution >= 4 is 29.9 Å². The van der Waals surface area contributed by atoms with E-state index in [1.165, 1.54) is 0 Å². The van der Waals surface area contributed by atoms with Crippen molar-refractivity contribution in [2.45, 2.75) is 33.2 Å². The number of rotatable bonds is 4. The number of anilines is 1. The third-order valence-electron chi connectivity index (χ3n) is 2.67. The van der Waals surface area contributed by atoms with Crippen LogP contribution in [0.15, 0.2) is 18.2 Å². The molecule has 0 aliphatic carbocycles. The molecule has 1 aromatic rings. The van der Waals surface area contributed by atoms with Gasteiger partial charge in [-0.15, -0.1) is 12.4 Å². The second-order valence-electron chi connectivity index (χ2n) is 5.06. The minimum atomic E-state index is -0.964. The Kier molecular flexibility index (Phi) is 6.68. The molecule has 0 spiro atoms. The fourth-order valence-corrected chi connectivity index (χ4v) is 1.44. The molecule has 20 heavy (non-hydrogen) atoms. The Bertz CT molecular complexity index is 496. The summed E-state index contributed by atoms with van der Waals surface area (Å²) in [5.41, 5.74) is 6.76. The minimum absolute atomic E-state index is 0. The highest BCUT2D eigenvalue weighted by Crippen LogP contribution is 2.18. The summed E-state index contributed by atoms with van der Waals surface area (Å²) in [6, 6.07) is 5.18. The number of halogens is 1. The number of aryl methyl sites for hydroxylation is 1. The van der Waals surface area contributed by atoms with Crippen LogP contribution in [0.3, 0.4) is 0 Å². The highest BCUT2D eigenvalue weighted by atomic mass is 35.5. The number of carbonyl (C=O) groups is 2. The minimum Gasteiger partial charge on any atom is -0.352 e.